The molecule has 110 valence electrons. The fourth-order valence-corrected chi connectivity index (χ4v) is 2.32. The van der Waals surface area contributed by atoms with Gasteiger partial charge >= 0.3 is 0 Å². The van der Waals surface area contributed by atoms with Gasteiger partial charge in [-0.1, -0.05) is 22.0 Å². The quantitative estimate of drug-likeness (QED) is 0.832. The molecule has 4 nitrogen and oxygen atoms in total. The van der Waals surface area contributed by atoms with Crippen molar-refractivity contribution in [1.29, 1.82) is 0 Å². The number of halogens is 1. The van der Waals surface area contributed by atoms with Crippen molar-refractivity contribution in [2.45, 2.75) is 19.6 Å². The van der Waals surface area contributed by atoms with Gasteiger partial charge in [0.25, 0.3) is 5.91 Å². The lowest BCUT2D eigenvalue weighted by molar-refractivity contribution is -0.137. The fourth-order valence-electron chi connectivity index (χ4n) is 1.95. The molecule has 1 atom stereocenters. The predicted octanol–water partition coefficient (Wildman–Crippen LogP) is 3.27. The fraction of sp³-hybridized carbons (Fsp3) is 0.250. The van der Waals surface area contributed by atoms with Crippen molar-refractivity contribution in [3.63, 3.8) is 0 Å². The van der Waals surface area contributed by atoms with E-state index in [1.54, 1.807) is 31.3 Å². The first kappa shape index (κ1) is 15.5. The van der Waals surface area contributed by atoms with Crippen molar-refractivity contribution in [2.24, 2.45) is 0 Å². The molecule has 21 heavy (non-hydrogen) atoms. The smallest absolute Gasteiger partial charge is 0.263 e. The number of benzene rings is 1. The van der Waals surface area contributed by atoms with Crippen LogP contribution in [0.5, 0.6) is 5.75 Å². The highest BCUT2D eigenvalue weighted by atomic mass is 79.9. The molecular formula is C16H17BrN2O2. The normalized spacial score (nSPS) is 11.8. The van der Waals surface area contributed by atoms with E-state index in [1.807, 2.05) is 36.4 Å². The zero-order valence-corrected chi connectivity index (χ0v) is 13.6. The zero-order valence-electron chi connectivity index (χ0n) is 12.0. The molecule has 0 fully saturated rings. The van der Waals surface area contributed by atoms with Crippen LogP contribution in [0.25, 0.3) is 0 Å². The molecule has 0 saturated heterocycles. The molecule has 0 radical (unpaired) electrons. The standard InChI is InChI=1S/C16H17BrN2O2/c1-12(21-15-5-3-4-14(17)10-15)16(20)19(2)11-13-6-8-18-9-7-13/h3-10,12H,11H2,1-2H3/t12-/m0/s1. The van der Waals surface area contributed by atoms with Crippen molar-refractivity contribution in [1.82, 2.24) is 9.88 Å². The van der Waals surface area contributed by atoms with Crippen LogP contribution in [0.2, 0.25) is 0 Å². The van der Waals surface area contributed by atoms with Crippen LogP contribution in [0.3, 0.4) is 0 Å². The third-order valence-corrected chi connectivity index (χ3v) is 3.50. The Hall–Kier alpha value is -1.88. The number of hydrogen-bond acceptors (Lipinski definition) is 3. The van der Waals surface area contributed by atoms with Gasteiger partial charge in [-0.2, -0.15) is 0 Å². The molecule has 0 bridgehead atoms. The summed E-state index contributed by atoms with van der Waals surface area (Å²) in [7, 11) is 1.77. The number of carbonyl (C=O) groups excluding carboxylic acids is 1. The van der Waals surface area contributed by atoms with Crippen LogP contribution in [0.15, 0.2) is 53.3 Å². The van der Waals surface area contributed by atoms with Crippen molar-refractivity contribution < 1.29 is 9.53 Å². The molecule has 0 aliphatic heterocycles. The van der Waals surface area contributed by atoms with Gasteiger partial charge in [0.2, 0.25) is 0 Å². The van der Waals surface area contributed by atoms with Gasteiger partial charge in [0.05, 0.1) is 0 Å². The number of hydrogen-bond donors (Lipinski definition) is 0. The molecule has 5 heteroatoms. The molecule has 1 aromatic carbocycles. The second-order valence-electron chi connectivity index (χ2n) is 4.77. The number of nitrogens with zero attached hydrogens (tertiary/aromatic N) is 2. The van der Waals surface area contributed by atoms with Crippen LogP contribution >= 0.6 is 15.9 Å². The minimum absolute atomic E-state index is 0.0632. The number of ether oxygens (including phenoxy) is 1. The SMILES string of the molecule is C[C@H](Oc1cccc(Br)c1)C(=O)N(C)Cc1ccncc1. The second kappa shape index (κ2) is 7.22. The highest BCUT2D eigenvalue weighted by Gasteiger charge is 2.19. The molecule has 2 aromatic rings. The topological polar surface area (TPSA) is 42.4 Å². The lowest BCUT2D eigenvalue weighted by Crippen LogP contribution is -2.37. The molecule has 0 aliphatic carbocycles. The van der Waals surface area contributed by atoms with Crippen LogP contribution in [0.4, 0.5) is 0 Å². The van der Waals surface area contributed by atoms with Crippen LogP contribution < -0.4 is 4.74 Å². The minimum Gasteiger partial charge on any atom is -0.481 e. The van der Waals surface area contributed by atoms with E-state index in [9.17, 15) is 4.79 Å². The maximum absolute atomic E-state index is 12.3. The van der Waals surface area contributed by atoms with E-state index >= 15 is 0 Å². The number of likely N-dealkylation sites (N-methyl/N-ethyl adjacent to an activating group) is 1. The van der Waals surface area contributed by atoms with Gasteiger partial charge in [0.1, 0.15) is 5.75 Å². The number of pyridine rings is 1. The molecule has 0 aliphatic rings. The Morgan fingerprint density at radius 1 is 1.33 bits per heavy atom. The largest absolute Gasteiger partial charge is 0.481 e. The summed E-state index contributed by atoms with van der Waals surface area (Å²) in [5.41, 5.74) is 1.04. The molecule has 1 heterocycles. The van der Waals surface area contributed by atoms with Gasteiger partial charge in [0, 0.05) is 30.5 Å². The van der Waals surface area contributed by atoms with Gasteiger partial charge in [-0.05, 0) is 42.8 Å². The first-order valence-corrected chi connectivity index (χ1v) is 7.41. The molecule has 1 aromatic heterocycles. The lowest BCUT2D eigenvalue weighted by Gasteiger charge is -2.22. The summed E-state index contributed by atoms with van der Waals surface area (Å²) in [6.07, 6.45) is 2.90. The van der Waals surface area contributed by atoms with Crippen molar-refractivity contribution >= 4 is 21.8 Å². The Morgan fingerprint density at radius 2 is 2.05 bits per heavy atom. The molecule has 0 N–H and O–H groups in total. The molecule has 1 amide bonds. The predicted molar refractivity (Wildman–Crippen MR) is 84.9 cm³/mol. The summed E-state index contributed by atoms with van der Waals surface area (Å²) in [5.74, 6) is 0.606. The third-order valence-electron chi connectivity index (χ3n) is 3.00. The van der Waals surface area contributed by atoms with E-state index in [4.69, 9.17) is 4.74 Å². The van der Waals surface area contributed by atoms with Gasteiger partial charge in [-0.3, -0.25) is 9.78 Å². The molecular weight excluding hydrogens is 332 g/mol. The summed E-state index contributed by atoms with van der Waals surface area (Å²) < 4.78 is 6.60. The van der Waals surface area contributed by atoms with E-state index < -0.39 is 6.10 Å². The first-order valence-electron chi connectivity index (χ1n) is 6.62. The second-order valence-corrected chi connectivity index (χ2v) is 5.68. The van der Waals surface area contributed by atoms with Gasteiger partial charge in [-0.15, -0.1) is 0 Å². The van der Waals surface area contributed by atoms with Crippen LogP contribution in [0.1, 0.15) is 12.5 Å². The van der Waals surface area contributed by atoms with Crippen LogP contribution in [-0.2, 0) is 11.3 Å². The van der Waals surface area contributed by atoms with E-state index in [0.717, 1.165) is 10.0 Å². The average molecular weight is 349 g/mol. The number of aromatic nitrogens is 1. The van der Waals surface area contributed by atoms with Crippen LogP contribution in [-0.4, -0.2) is 28.9 Å². The summed E-state index contributed by atoms with van der Waals surface area (Å²) in [6, 6.07) is 11.2. The molecule has 0 saturated carbocycles. The van der Waals surface area contributed by atoms with Crippen LogP contribution in [0, 0.1) is 0 Å². The van der Waals surface area contributed by atoms with E-state index in [1.165, 1.54) is 0 Å². The maximum Gasteiger partial charge on any atom is 0.263 e. The summed E-state index contributed by atoms with van der Waals surface area (Å²) in [4.78, 5) is 17.9. The van der Waals surface area contributed by atoms with Gasteiger partial charge in [0.15, 0.2) is 6.10 Å². The number of amides is 1. The highest BCUT2D eigenvalue weighted by Crippen LogP contribution is 2.19. The number of carbonyl (C=O) groups is 1. The van der Waals surface area contributed by atoms with E-state index in [0.29, 0.717) is 12.3 Å². The first-order chi connectivity index (χ1) is 10.1. The Labute approximate surface area is 132 Å². The van der Waals surface area contributed by atoms with E-state index in [2.05, 4.69) is 20.9 Å². The maximum atomic E-state index is 12.3. The summed E-state index contributed by atoms with van der Waals surface area (Å²) >= 11 is 3.38. The zero-order chi connectivity index (χ0) is 15.2. The minimum atomic E-state index is -0.536. The number of rotatable bonds is 5. The van der Waals surface area contributed by atoms with Gasteiger partial charge < -0.3 is 9.64 Å². The third kappa shape index (κ3) is 4.56. The van der Waals surface area contributed by atoms with Crippen molar-refractivity contribution in [3.05, 3.63) is 58.8 Å². The van der Waals surface area contributed by atoms with Gasteiger partial charge in [-0.25, -0.2) is 0 Å². The average Bonchev–Trinajstić information content (AvgIpc) is 2.47. The van der Waals surface area contributed by atoms with Crippen molar-refractivity contribution in [3.8, 4) is 5.75 Å². The molecule has 0 unspecified atom stereocenters. The molecule has 2 rings (SSSR count). The van der Waals surface area contributed by atoms with Crippen molar-refractivity contribution in [2.75, 3.05) is 7.05 Å². The Kier molecular flexibility index (Phi) is 5.33. The molecule has 0 spiro atoms. The monoisotopic (exact) mass is 348 g/mol. The Morgan fingerprint density at radius 3 is 2.71 bits per heavy atom. The lowest BCUT2D eigenvalue weighted by atomic mass is 10.2. The van der Waals surface area contributed by atoms with E-state index in [-0.39, 0.29) is 5.91 Å². The Bertz CT molecular complexity index is 604. The summed E-state index contributed by atoms with van der Waals surface area (Å²) in [5, 5.41) is 0. The summed E-state index contributed by atoms with van der Waals surface area (Å²) in [6.45, 7) is 2.29. The highest BCUT2D eigenvalue weighted by molar-refractivity contribution is 9.10. The Balaban J connectivity index is 1.95.